The van der Waals surface area contributed by atoms with Gasteiger partial charge in [0.05, 0.1) is 0 Å². The molecular weight excluding hydrogens is 307 g/mol. The zero-order valence-corrected chi connectivity index (χ0v) is 17.7. The normalized spacial score (nSPS) is 9.57. The van der Waals surface area contributed by atoms with Crippen LogP contribution in [0.3, 0.4) is 0 Å². The molecular formula is H3K2NNaO8S2+. The van der Waals surface area contributed by atoms with E-state index >= 15 is 0 Å². The average molecular weight is 310 g/mol. The fraction of sp³-hybridized carbons (Fsp3) is 0. The summed E-state index contributed by atoms with van der Waals surface area (Å²) in [6.45, 7) is 0. The van der Waals surface area contributed by atoms with Crippen LogP contribution in [0, 0.1) is 0 Å². The minimum atomic E-state index is -5.31. The van der Waals surface area contributed by atoms with E-state index in [1.165, 1.54) is 0 Å². The second kappa shape index (κ2) is 13.4. The molecule has 0 saturated heterocycles. The summed E-state index contributed by atoms with van der Waals surface area (Å²) >= 11 is 0. The molecule has 0 atom stereocenters. The van der Waals surface area contributed by atoms with Crippen LogP contribution in [0.5, 0.6) is 0 Å². The molecule has 0 fully saturated rings. The minimum Gasteiger partial charge on any atom is -0.724 e. The predicted octanol–water partition coefficient (Wildman–Crippen LogP) is -11.0. The maximum absolute atomic E-state index is 9.37. The van der Waals surface area contributed by atoms with Gasteiger partial charge in [-0.3, -0.25) is 0 Å². The first-order chi connectivity index (χ1) is 4.21. The predicted molar refractivity (Wildman–Crippen MR) is 26.6 cm³/mol. The standard InChI is InChI=1S/2K.H3N.Na.H2O8S2/c;;;;1-9(2,3)7-8-10(4,5)6/h;;1H3;;(H,1,2,3)(H,4,5,6)/q2*+1;;+1;/p-2. The summed E-state index contributed by atoms with van der Waals surface area (Å²) in [5, 5.41) is 0. The van der Waals surface area contributed by atoms with Crippen molar-refractivity contribution in [2.24, 2.45) is 0 Å². The molecule has 0 heterocycles. The molecule has 0 aliphatic rings. The molecule has 3 N–H and O–H groups in total. The van der Waals surface area contributed by atoms with Crippen LogP contribution in [0.25, 0.3) is 0 Å². The molecule has 14 heavy (non-hydrogen) atoms. The van der Waals surface area contributed by atoms with Crippen molar-refractivity contribution in [2.45, 2.75) is 0 Å². The van der Waals surface area contributed by atoms with E-state index in [4.69, 9.17) is 0 Å². The summed E-state index contributed by atoms with van der Waals surface area (Å²) in [7, 11) is -10.6. The third-order valence-corrected chi connectivity index (χ3v) is 0.750. The molecule has 0 rings (SSSR count). The molecule has 0 unspecified atom stereocenters. The van der Waals surface area contributed by atoms with Crippen molar-refractivity contribution in [1.29, 1.82) is 0 Å². The number of hydrogen-bond donors (Lipinski definition) is 1. The molecule has 0 saturated carbocycles. The Balaban J connectivity index is -0.0000000675. The van der Waals surface area contributed by atoms with Gasteiger partial charge in [-0.1, -0.05) is 0 Å². The van der Waals surface area contributed by atoms with E-state index < -0.39 is 20.8 Å². The summed E-state index contributed by atoms with van der Waals surface area (Å²) < 4.78 is 61.5. The van der Waals surface area contributed by atoms with E-state index in [0.717, 1.165) is 0 Å². The first kappa shape index (κ1) is 30.8. The van der Waals surface area contributed by atoms with Crippen LogP contribution in [0.1, 0.15) is 0 Å². The fourth-order valence-corrected chi connectivity index (χ4v) is 0.612. The molecule has 0 spiro atoms. The molecule has 0 aliphatic carbocycles. The van der Waals surface area contributed by atoms with Crippen LogP contribution in [-0.4, -0.2) is 25.9 Å². The molecule has 9 nitrogen and oxygen atoms in total. The first-order valence-corrected chi connectivity index (χ1v) is 4.17. The molecule has 0 aromatic carbocycles. The van der Waals surface area contributed by atoms with Crippen molar-refractivity contribution >= 4 is 20.8 Å². The Hall–Kier alpha value is 3.97. The van der Waals surface area contributed by atoms with Gasteiger partial charge in [0.1, 0.15) is 0 Å². The number of rotatable bonds is 3. The van der Waals surface area contributed by atoms with Crippen molar-refractivity contribution in [1.82, 2.24) is 6.15 Å². The van der Waals surface area contributed by atoms with E-state index in [-0.39, 0.29) is 138 Å². The first-order valence-electron chi connectivity index (χ1n) is 1.50. The van der Waals surface area contributed by atoms with Crippen molar-refractivity contribution in [3.8, 4) is 0 Å². The smallest absolute Gasteiger partial charge is 0.724 e. The summed E-state index contributed by atoms with van der Waals surface area (Å²) in [6.07, 6.45) is 0. The second-order valence-electron chi connectivity index (χ2n) is 0.953. The quantitative estimate of drug-likeness (QED) is 0.175. The van der Waals surface area contributed by atoms with Crippen molar-refractivity contribution in [2.75, 3.05) is 0 Å². The zero-order valence-electron chi connectivity index (χ0n) is 7.79. The molecule has 0 aromatic rings. The van der Waals surface area contributed by atoms with Gasteiger partial charge in [-0.2, -0.15) is 0 Å². The van der Waals surface area contributed by atoms with Crippen LogP contribution in [0.4, 0.5) is 0 Å². The van der Waals surface area contributed by atoms with Crippen LogP contribution in [-0.2, 0) is 29.5 Å². The Bertz CT molecular complexity index is 261. The third-order valence-electron chi connectivity index (χ3n) is 0.194. The number of hydrogen-bond acceptors (Lipinski definition) is 9. The maximum atomic E-state index is 9.37. The van der Waals surface area contributed by atoms with E-state index in [2.05, 4.69) is 8.67 Å². The zero-order chi connectivity index (χ0) is 8.41. The van der Waals surface area contributed by atoms with Crippen molar-refractivity contribution in [3.63, 3.8) is 0 Å². The minimum absolute atomic E-state index is 0. The van der Waals surface area contributed by atoms with E-state index in [1.54, 1.807) is 0 Å². The molecule has 0 bridgehead atoms. The largest absolute Gasteiger partial charge is 1.00 e. The van der Waals surface area contributed by atoms with Gasteiger partial charge in [-0.15, -0.1) is 8.67 Å². The van der Waals surface area contributed by atoms with Crippen LogP contribution < -0.4 is 138 Å². The van der Waals surface area contributed by atoms with Gasteiger partial charge in [-0.05, 0) is 0 Å². The molecule has 0 amide bonds. The van der Waals surface area contributed by atoms with Gasteiger partial charge in [0.15, 0.2) is 0 Å². The van der Waals surface area contributed by atoms with Gasteiger partial charge in [0, 0.05) is 0 Å². The van der Waals surface area contributed by atoms with Gasteiger partial charge in [0.2, 0.25) is 20.8 Å². The van der Waals surface area contributed by atoms with E-state index in [0.29, 0.717) is 0 Å². The third kappa shape index (κ3) is 29.7. The fourth-order valence-electron chi connectivity index (χ4n) is 0.0680. The Kier molecular flexibility index (Phi) is 29.5. The average Bonchev–Trinajstić information content (AvgIpc) is 1.57. The Morgan fingerprint density at radius 2 is 0.929 bits per heavy atom. The monoisotopic (exact) mass is 310 g/mol. The van der Waals surface area contributed by atoms with Gasteiger partial charge in [-0.25, -0.2) is 16.8 Å². The molecule has 70 valence electrons. The SMILES string of the molecule is N.O=S(=O)([O-])OOS(=O)(=O)[O-].[K+].[K+].[Na+]. The second-order valence-corrected chi connectivity index (χ2v) is 2.86. The van der Waals surface area contributed by atoms with Crippen molar-refractivity contribution < 1.29 is 167 Å². The van der Waals surface area contributed by atoms with Crippen LogP contribution in [0.15, 0.2) is 0 Å². The molecule has 0 aromatic heterocycles. The summed E-state index contributed by atoms with van der Waals surface area (Å²) in [5.74, 6) is 0. The summed E-state index contributed by atoms with van der Waals surface area (Å²) in [5.41, 5.74) is 0. The molecule has 0 radical (unpaired) electrons. The van der Waals surface area contributed by atoms with Crippen molar-refractivity contribution in [3.05, 3.63) is 0 Å². The Labute approximate surface area is 189 Å². The topological polar surface area (TPSA) is 168 Å². The maximum Gasteiger partial charge on any atom is 1.00 e. The summed E-state index contributed by atoms with van der Waals surface area (Å²) in [6, 6.07) is 0. The summed E-state index contributed by atoms with van der Waals surface area (Å²) in [4.78, 5) is 0. The van der Waals surface area contributed by atoms with Gasteiger partial charge in [0.25, 0.3) is 0 Å². The van der Waals surface area contributed by atoms with Gasteiger partial charge < -0.3 is 15.3 Å². The van der Waals surface area contributed by atoms with Crippen LogP contribution >= 0.6 is 0 Å². The van der Waals surface area contributed by atoms with Crippen LogP contribution in [0.2, 0.25) is 0 Å². The van der Waals surface area contributed by atoms with E-state index in [9.17, 15) is 25.9 Å². The molecule has 0 aliphatic heterocycles. The Morgan fingerprint density at radius 3 is 1.00 bits per heavy atom. The Morgan fingerprint density at radius 1 is 0.786 bits per heavy atom. The van der Waals surface area contributed by atoms with Gasteiger partial charge >= 0.3 is 132 Å². The van der Waals surface area contributed by atoms with E-state index in [1.807, 2.05) is 0 Å². The molecule has 14 heteroatoms.